The van der Waals surface area contributed by atoms with Crippen LogP contribution in [0.2, 0.25) is 0 Å². The third kappa shape index (κ3) is 2.09. The minimum absolute atomic E-state index is 0.0258. The second-order valence-corrected chi connectivity index (χ2v) is 6.85. The van der Waals surface area contributed by atoms with Gasteiger partial charge in [-0.05, 0) is 37.2 Å². The van der Waals surface area contributed by atoms with Crippen LogP contribution in [0.4, 0.5) is 11.4 Å². The zero-order valence-electron chi connectivity index (χ0n) is 13.5. The number of methoxy groups -OCH3 is 1. The van der Waals surface area contributed by atoms with Crippen molar-refractivity contribution >= 4 is 29.2 Å². The Kier molecular flexibility index (Phi) is 3.38. The first-order valence-corrected chi connectivity index (χ1v) is 8.18. The number of hydrogen-bond acceptors (Lipinski definition) is 6. The van der Waals surface area contributed by atoms with Crippen LogP contribution in [0.3, 0.4) is 0 Å². The number of esters is 1. The van der Waals surface area contributed by atoms with Gasteiger partial charge in [-0.2, -0.15) is 0 Å². The molecule has 0 aromatic heterocycles. The summed E-state index contributed by atoms with van der Waals surface area (Å²) in [5.74, 6) is -1.80. The molecule has 1 aromatic carbocycles. The van der Waals surface area contributed by atoms with E-state index in [1.54, 1.807) is 0 Å². The van der Waals surface area contributed by atoms with Crippen LogP contribution in [0.5, 0.6) is 0 Å². The van der Waals surface area contributed by atoms with Gasteiger partial charge in [-0.25, -0.2) is 9.69 Å². The zero-order valence-corrected chi connectivity index (χ0v) is 13.5. The van der Waals surface area contributed by atoms with Crippen LogP contribution >= 0.6 is 0 Å². The first kappa shape index (κ1) is 15.7. The number of ether oxygens (including phenoxy) is 1. The summed E-state index contributed by atoms with van der Waals surface area (Å²) in [6.07, 6.45) is 2.74. The average molecular weight is 344 g/mol. The lowest BCUT2D eigenvalue weighted by Crippen LogP contribution is -2.34. The van der Waals surface area contributed by atoms with Crippen LogP contribution < -0.4 is 4.90 Å². The number of nitrogens with zero attached hydrogens (tertiary/aromatic N) is 2. The van der Waals surface area contributed by atoms with Crippen LogP contribution in [0.25, 0.3) is 0 Å². The number of anilines is 1. The Morgan fingerprint density at radius 1 is 1.20 bits per heavy atom. The molecule has 4 atom stereocenters. The van der Waals surface area contributed by atoms with Gasteiger partial charge < -0.3 is 4.74 Å². The van der Waals surface area contributed by atoms with E-state index < -0.39 is 10.9 Å². The van der Waals surface area contributed by atoms with Gasteiger partial charge in [-0.1, -0.05) is 0 Å². The summed E-state index contributed by atoms with van der Waals surface area (Å²) in [7, 11) is 1.18. The van der Waals surface area contributed by atoms with Crippen LogP contribution in [-0.4, -0.2) is 29.8 Å². The van der Waals surface area contributed by atoms with Crippen molar-refractivity contribution in [3.8, 4) is 0 Å². The van der Waals surface area contributed by atoms with Gasteiger partial charge in [0.05, 0.1) is 35.1 Å². The lowest BCUT2D eigenvalue weighted by atomic mass is 9.81. The zero-order chi connectivity index (χ0) is 17.9. The summed E-state index contributed by atoms with van der Waals surface area (Å²) in [5, 5.41) is 11.1. The molecule has 8 heteroatoms. The lowest BCUT2D eigenvalue weighted by Gasteiger charge is -2.19. The second kappa shape index (κ2) is 5.37. The molecular formula is C17H16N2O6. The van der Waals surface area contributed by atoms with E-state index in [9.17, 15) is 24.5 Å². The summed E-state index contributed by atoms with van der Waals surface area (Å²) in [6, 6.07) is 3.48. The molecule has 4 rings (SSSR count). The highest BCUT2D eigenvalue weighted by molar-refractivity contribution is 6.24. The maximum Gasteiger partial charge on any atom is 0.340 e. The number of nitro benzene ring substituents is 1. The molecule has 130 valence electrons. The molecule has 1 aromatic rings. The summed E-state index contributed by atoms with van der Waals surface area (Å²) in [5.41, 5.74) is -0.366. The highest BCUT2D eigenvalue weighted by atomic mass is 16.6. The highest BCUT2D eigenvalue weighted by Crippen LogP contribution is 2.56. The molecule has 0 spiro atoms. The van der Waals surface area contributed by atoms with Crippen molar-refractivity contribution in [1.82, 2.24) is 0 Å². The average Bonchev–Trinajstić information content (AvgIpc) is 3.27. The fraction of sp³-hybridized carbons (Fsp3) is 0.471. The van der Waals surface area contributed by atoms with Gasteiger partial charge in [0.1, 0.15) is 0 Å². The van der Waals surface area contributed by atoms with Crippen molar-refractivity contribution in [2.24, 2.45) is 23.7 Å². The topological polar surface area (TPSA) is 107 Å². The molecule has 2 saturated carbocycles. The quantitative estimate of drug-likeness (QED) is 0.359. The van der Waals surface area contributed by atoms with Crippen LogP contribution in [0.1, 0.15) is 29.6 Å². The van der Waals surface area contributed by atoms with Gasteiger partial charge in [0.25, 0.3) is 5.69 Å². The molecule has 3 aliphatic rings. The number of non-ortho nitro benzene ring substituents is 1. The number of imide groups is 1. The van der Waals surface area contributed by atoms with Crippen molar-refractivity contribution in [1.29, 1.82) is 0 Å². The van der Waals surface area contributed by atoms with E-state index in [0.29, 0.717) is 0 Å². The number of carbonyl (C=O) groups excluding carboxylic acids is 3. The van der Waals surface area contributed by atoms with Gasteiger partial charge >= 0.3 is 5.97 Å². The summed E-state index contributed by atoms with van der Waals surface area (Å²) in [6.45, 7) is 0. The molecule has 1 aliphatic heterocycles. The molecule has 2 amide bonds. The Bertz CT molecular complexity index is 791. The Morgan fingerprint density at radius 3 is 2.32 bits per heavy atom. The SMILES string of the molecule is COC(=O)c1ccc([N+](=O)[O-])cc1N1C(=O)[C@H]2[C@H]3CC[C@@H](C3)[C@@H]2C1=O. The molecule has 1 saturated heterocycles. The molecule has 1 heterocycles. The van der Waals surface area contributed by atoms with E-state index in [1.807, 2.05) is 0 Å². The van der Waals surface area contributed by atoms with Gasteiger partial charge in [0.2, 0.25) is 11.8 Å². The van der Waals surface area contributed by atoms with Gasteiger partial charge in [0, 0.05) is 12.1 Å². The van der Waals surface area contributed by atoms with E-state index in [2.05, 4.69) is 0 Å². The Morgan fingerprint density at radius 2 is 1.80 bits per heavy atom. The second-order valence-electron chi connectivity index (χ2n) is 6.85. The van der Waals surface area contributed by atoms with Crippen molar-refractivity contribution < 1.29 is 24.0 Å². The lowest BCUT2D eigenvalue weighted by molar-refractivity contribution is -0.384. The van der Waals surface area contributed by atoms with E-state index in [4.69, 9.17) is 4.74 Å². The maximum absolute atomic E-state index is 12.9. The predicted octanol–water partition coefficient (Wildman–Crippen LogP) is 1.92. The largest absolute Gasteiger partial charge is 0.465 e. The first-order valence-electron chi connectivity index (χ1n) is 8.18. The fourth-order valence-electron chi connectivity index (χ4n) is 4.75. The molecule has 25 heavy (non-hydrogen) atoms. The molecule has 3 fully saturated rings. The van der Waals surface area contributed by atoms with E-state index in [-0.39, 0.29) is 52.4 Å². The summed E-state index contributed by atoms with van der Waals surface area (Å²) >= 11 is 0. The molecule has 2 bridgehead atoms. The number of benzene rings is 1. The monoisotopic (exact) mass is 344 g/mol. The number of fused-ring (bicyclic) bond motifs is 5. The Hall–Kier alpha value is -2.77. The van der Waals surface area contributed by atoms with E-state index >= 15 is 0 Å². The van der Waals surface area contributed by atoms with Crippen LogP contribution in [0.15, 0.2) is 18.2 Å². The summed E-state index contributed by atoms with van der Waals surface area (Å²) < 4.78 is 4.70. The number of amides is 2. The fourth-order valence-corrected chi connectivity index (χ4v) is 4.75. The Labute approximate surface area is 142 Å². The van der Waals surface area contributed by atoms with Crippen molar-refractivity contribution in [2.45, 2.75) is 19.3 Å². The predicted molar refractivity (Wildman–Crippen MR) is 84.7 cm³/mol. The molecule has 8 nitrogen and oxygen atoms in total. The van der Waals surface area contributed by atoms with Crippen molar-refractivity contribution in [3.63, 3.8) is 0 Å². The molecule has 0 N–H and O–H groups in total. The number of rotatable bonds is 3. The number of carbonyl (C=O) groups is 3. The maximum atomic E-state index is 12.9. The molecular weight excluding hydrogens is 328 g/mol. The van der Waals surface area contributed by atoms with Crippen LogP contribution in [0, 0.1) is 33.8 Å². The van der Waals surface area contributed by atoms with Gasteiger partial charge in [-0.3, -0.25) is 19.7 Å². The van der Waals surface area contributed by atoms with E-state index in [1.165, 1.54) is 13.2 Å². The number of nitro groups is 1. The number of hydrogen-bond donors (Lipinski definition) is 0. The van der Waals surface area contributed by atoms with Crippen molar-refractivity contribution in [3.05, 3.63) is 33.9 Å². The molecule has 0 unspecified atom stereocenters. The minimum Gasteiger partial charge on any atom is -0.465 e. The van der Waals surface area contributed by atoms with E-state index in [0.717, 1.165) is 36.3 Å². The first-order chi connectivity index (χ1) is 11.9. The standard InChI is InChI=1S/C17H16N2O6/c1-25-17(22)11-5-4-10(19(23)24)7-12(11)18-15(20)13-8-2-3-9(6-8)14(13)16(18)21/h4-5,7-9,13-14H,2-3,6H2,1H3/t8-,9-,13-,14-/m0/s1. The van der Waals surface area contributed by atoms with Gasteiger partial charge in [0.15, 0.2) is 0 Å². The Balaban J connectivity index is 1.82. The third-order valence-electron chi connectivity index (χ3n) is 5.77. The normalized spacial score (nSPS) is 29.9. The van der Waals surface area contributed by atoms with Crippen LogP contribution in [-0.2, 0) is 14.3 Å². The molecule has 2 aliphatic carbocycles. The smallest absolute Gasteiger partial charge is 0.340 e. The third-order valence-corrected chi connectivity index (χ3v) is 5.77. The highest BCUT2D eigenvalue weighted by Gasteiger charge is 2.61. The summed E-state index contributed by atoms with van der Waals surface area (Å²) in [4.78, 5) is 49.3. The van der Waals surface area contributed by atoms with Gasteiger partial charge in [-0.15, -0.1) is 0 Å². The molecule has 0 radical (unpaired) electrons. The minimum atomic E-state index is -0.745. The van der Waals surface area contributed by atoms with Crippen molar-refractivity contribution in [2.75, 3.05) is 12.0 Å².